The zero-order chi connectivity index (χ0) is 12.8. The molecule has 0 radical (unpaired) electrons. The number of aldehydes is 1. The Kier molecular flexibility index (Phi) is 10.8. The van der Waals surface area contributed by atoms with Gasteiger partial charge in [-0.3, -0.25) is 4.79 Å². The van der Waals surface area contributed by atoms with E-state index in [4.69, 9.17) is 0 Å². The second kappa shape index (κ2) is 12.2. The van der Waals surface area contributed by atoms with E-state index in [1.165, 1.54) is 0 Å². The number of allylic oxidation sites excluding steroid dienone is 12. The van der Waals surface area contributed by atoms with Crippen molar-refractivity contribution in [3.8, 4) is 0 Å². The van der Waals surface area contributed by atoms with Crippen LogP contribution in [0.15, 0.2) is 72.4 Å². The van der Waals surface area contributed by atoms with Crippen molar-refractivity contribution in [3.05, 3.63) is 72.4 Å². The van der Waals surface area contributed by atoms with Gasteiger partial charge in [-0.2, -0.15) is 0 Å². The summed E-state index contributed by atoms with van der Waals surface area (Å²) in [5.74, 6) is 0. The van der Waals surface area contributed by atoms with E-state index in [9.17, 15) is 4.79 Å². The number of carbonyl (C=O) groups is 1. The first-order valence-electron chi connectivity index (χ1n) is 5.74. The van der Waals surface area contributed by atoms with Crippen molar-refractivity contribution in [2.45, 2.75) is 20.3 Å². The zero-order valence-electron chi connectivity index (χ0n) is 10.5. The molecule has 0 amide bonds. The average Bonchev–Trinajstić information content (AvgIpc) is 2.35. The summed E-state index contributed by atoms with van der Waals surface area (Å²) in [4.78, 5) is 10.6. The molecule has 0 aromatic heterocycles. The molecule has 0 bridgehead atoms. The molecule has 0 aliphatic carbocycles. The number of hydrogen-bond donors (Lipinski definition) is 0. The fraction of sp³-hybridized carbons (Fsp3) is 0.188. The first kappa shape index (κ1) is 15.1. The SMILES string of the molecule is CC=CC=CC=CCC=CC=C(C=O)C=CC. The van der Waals surface area contributed by atoms with Gasteiger partial charge in [0.15, 0.2) is 0 Å². The van der Waals surface area contributed by atoms with Gasteiger partial charge in [0.25, 0.3) is 0 Å². The molecule has 17 heavy (non-hydrogen) atoms. The van der Waals surface area contributed by atoms with Crippen molar-refractivity contribution in [1.82, 2.24) is 0 Å². The van der Waals surface area contributed by atoms with Crippen LogP contribution in [0.25, 0.3) is 0 Å². The molecular formula is C16H20O. The number of hydrogen-bond acceptors (Lipinski definition) is 1. The fourth-order valence-corrected chi connectivity index (χ4v) is 1.06. The Morgan fingerprint density at radius 2 is 1.59 bits per heavy atom. The maximum atomic E-state index is 10.6. The van der Waals surface area contributed by atoms with Gasteiger partial charge in [-0.25, -0.2) is 0 Å². The quantitative estimate of drug-likeness (QED) is 0.360. The van der Waals surface area contributed by atoms with Gasteiger partial charge < -0.3 is 0 Å². The molecule has 0 fully saturated rings. The minimum atomic E-state index is 0.681. The Bertz CT molecular complexity index is 363. The van der Waals surface area contributed by atoms with Crippen LogP contribution < -0.4 is 0 Å². The zero-order valence-corrected chi connectivity index (χ0v) is 10.5. The van der Waals surface area contributed by atoms with Gasteiger partial charge in [-0.05, 0) is 20.3 Å². The maximum Gasteiger partial charge on any atom is 0.150 e. The average molecular weight is 228 g/mol. The van der Waals surface area contributed by atoms with Crippen molar-refractivity contribution in [2.75, 3.05) is 0 Å². The van der Waals surface area contributed by atoms with Gasteiger partial charge in [0.1, 0.15) is 6.29 Å². The summed E-state index contributed by atoms with van der Waals surface area (Å²) in [7, 11) is 0. The highest BCUT2D eigenvalue weighted by atomic mass is 16.1. The van der Waals surface area contributed by atoms with Gasteiger partial charge in [0, 0.05) is 5.57 Å². The van der Waals surface area contributed by atoms with E-state index in [1.54, 1.807) is 12.2 Å². The van der Waals surface area contributed by atoms with Crippen LogP contribution in [0.3, 0.4) is 0 Å². The van der Waals surface area contributed by atoms with Crippen molar-refractivity contribution < 1.29 is 4.79 Å². The molecule has 0 saturated carbocycles. The van der Waals surface area contributed by atoms with E-state index in [0.29, 0.717) is 5.57 Å². The van der Waals surface area contributed by atoms with Gasteiger partial charge in [-0.15, -0.1) is 0 Å². The molecule has 0 spiro atoms. The molecule has 0 heterocycles. The monoisotopic (exact) mass is 228 g/mol. The van der Waals surface area contributed by atoms with Crippen LogP contribution in [0.4, 0.5) is 0 Å². The lowest BCUT2D eigenvalue weighted by atomic mass is 10.2. The van der Waals surface area contributed by atoms with Crippen LogP contribution in [0.2, 0.25) is 0 Å². The lowest BCUT2D eigenvalue weighted by Gasteiger charge is -1.85. The Hall–Kier alpha value is -1.89. The second-order valence-electron chi connectivity index (χ2n) is 3.29. The van der Waals surface area contributed by atoms with Crippen LogP contribution in [-0.4, -0.2) is 6.29 Å². The summed E-state index contributed by atoms with van der Waals surface area (Å²) >= 11 is 0. The van der Waals surface area contributed by atoms with Gasteiger partial charge in [-0.1, -0.05) is 66.8 Å². The highest BCUT2D eigenvalue weighted by molar-refractivity contribution is 5.77. The highest BCUT2D eigenvalue weighted by Crippen LogP contribution is 1.95. The molecule has 0 aromatic rings. The molecule has 1 heteroatoms. The topological polar surface area (TPSA) is 17.1 Å². The summed E-state index contributed by atoms with van der Waals surface area (Å²) in [5.41, 5.74) is 0.681. The van der Waals surface area contributed by atoms with E-state index in [-0.39, 0.29) is 0 Å². The molecule has 0 atom stereocenters. The lowest BCUT2D eigenvalue weighted by Crippen LogP contribution is -1.75. The Labute approximate surface area is 104 Å². The third-order valence-corrected chi connectivity index (χ3v) is 1.85. The molecule has 0 aliphatic rings. The van der Waals surface area contributed by atoms with E-state index < -0.39 is 0 Å². The van der Waals surface area contributed by atoms with Crippen molar-refractivity contribution >= 4 is 6.29 Å². The summed E-state index contributed by atoms with van der Waals surface area (Å²) in [6.07, 6.45) is 23.0. The minimum absolute atomic E-state index is 0.681. The van der Waals surface area contributed by atoms with E-state index in [0.717, 1.165) is 12.7 Å². The Balaban J connectivity index is 3.99. The van der Waals surface area contributed by atoms with Gasteiger partial charge >= 0.3 is 0 Å². The van der Waals surface area contributed by atoms with E-state index in [2.05, 4.69) is 6.08 Å². The summed E-state index contributed by atoms with van der Waals surface area (Å²) in [5, 5.41) is 0. The van der Waals surface area contributed by atoms with Crippen LogP contribution in [0.5, 0.6) is 0 Å². The largest absolute Gasteiger partial charge is 0.298 e. The van der Waals surface area contributed by atoms with Crippen molar-refractivity contribution in [2.24, 2.45) is 0 Å². The highest BCUT2D eigenvalue weighted by Gasteiger charge is 1.82. The lowest BCUT2D eigenvalue weighted by molar-refractivity contribution is -0.104. The van der Waals surface area contributed by atoms with Crippen molar-refractivity contribution in [3.63, 3.8) is 0 Å². The Morgan fingerprint density at radius 3 is 2.24 bits per heavy atom. The van der Waals surface area contributed by atoms with E-state index >= 15 is 0 Å². The summed E-state index contributed by atoms with van der Waals surface area (Å²) in [6.45, 7) is 3.87. The molecule has 0 aliphatic heterocycles. The van der Waals surface area contributed by atoms with Crippen LogP contribution in [-0.2, 0) is 4.79 Å². The predicted octanol–water partition coefficient (Wildman–Crippen LogP) is 4.32. The first-order chi connectivity index (χ1) is 8.35. The van der Waals surface area contributed by atoms with Crippen molar-refractivity contribution in [1.29, 1.82) is 0 Å². The standard InChI is InChI=1S/C16H20O/c1-3-5-6-7-8-9-10-11-12-14-16(15-17)13-4-2/h3-9,11-15H,10H2,1-2H3. The molecule has 1 nitrogen and oxygen atoms in total. The third kappa shape index (κ3) is 10.4. The predicted molar refractivity (Wildman–Crippen MR) is 75.8 cm³/mol. The molecule has 90 valence electrons. The van der Waals surface area contributed by atoms with Crippen LogP contribution >= 0.6 is 0 Å². The number of carbonyl (C=O) groups excluding carboxylic acids is 1. The first-order valence-corrected chi connectivity index (χ1v) is 5.74. The minimum Gasteiger partial charge on any atom is -0.298 e. The fourth-order valence-electron chi connectivity index (χ4n) is 1.06. The third-order valence-electron chi connectivity index (χ3n) is 1.85. The normalized spacial score (nSPS) is 14.1. The molecule has 0 aromatic carbocycles. The molecule has 0 saturated heterocycles. The molecular weight excluding hydrogens is 208 g/mol. The van der Waals surface area contributed by atoms with Gasteiger partial charge in [0.05, 0.1) is 0 Å². The summed E-state index contributed by atoms with van der Waals surface area (Å²) in [6, 6.07) is 0. The van der Waals surface area contributed by atoms with Crippen LogP contribution in [0.1, 0.15) is 20.3 Å². The summed E-state index contributed by atoms with van der Waals surface area (Å²) < 4.78 is 0. The Morgan fingerprint density at radius 1 is 0.882 bits per heavy atom. The van der Waals surface area contributed by atoms with Gasteiger partial charge in [0.2, 0.25) is 0 Å². The maximum absolute atomic E-state index is 10.6. The smallest absolute Gasteiger partial charge is 0.150 e. The van der Waals surface area contributed by atoms with E-state index in [1.807, 2.05) is 62.5 Å². The number of rotatable bonds is 7. The second-order valence-corrected chi connectivity index (χ2v) is 3.29. The molecule has 0 rings (SSSR count). The molecule has 0 N–H and O–H groups in total. The van der Waals surface area contributed by atoms with Crippen LogP contribution in [0, 0.1) is 0 Å². The molecule has 0 unspecified atom stereocenters.